The lowest BCUT2D eigenvalue weighted by Crippen LogP contribution is -2.25. The molecule has 0 aromatic carbocycles. The Morgan fingerprint density at radius 1 is 1.20 bits per heavy atom. The predicted octanol–water partition coefficient (Wildman–Crippen LogP) is 2.89. The van der Waals surface area contributed by atoms with E-state index in [0.29, 0.717) is 26.4 Å². The van der Waals surface area contributed by atoms with Crippen molar-refractivity contribution in [3.05, 3.63) is 21.7 Å². The molecule has 0 amide bonds. The lowest BCUT2D eigenvalue weighted by Gasteiger charge is -2.09. The van der Waals surface area contributed by atoms with Gasteiger partial charge in [-0.1, -0.05) is 38.3 Å². The molecule has 1 heterocycles. The molecule has 1 aromatic heterocycles. The van der Waals surface area contributed by atoms with Crippen LogP contribution >= 0.6 is 11.6 Å². The summed E-state index contributed by atoms with van der Waals surface area (Å²) in [5.74, 6) is 0.0690. The third-order valence-electron chi connectivity index (χ3n) is 2.77. The van der Waals surface area contributed by atoms with Gasteiger partial charge in [-0.25, -0.2) is 0 Å². The van der Waals surface area contributed by atoms with E-state index in [4.69, 9.17) is 21.1 Å². The van der Waals surface area contributed by atoms with Crippen LogP contribution in [0.3, 0.4) is 0 Å². The molecule has 0 aliphatic carbocycles. The summed E-state index contributed by atoms with van der Waals surface area (Å²) in [4.78, 5) is 16.0. The highest BCUT2D eigenvalue weighted by Crippen LogP contribution is 2.07. The zero-order chi connectivity index (χ0) is 14.8. The van der Waals surface area contributed by atoms with Gasteiger partial charge in [0.05, 0.1) is 13.2 Å². The second kappa shape index (κ2) is 9.77. The minimum atomic E-state index is -0.260. The van der Waals surface area contributed by atoms with Crippen LogP contribution in [0.1, 0.15) is 39.5 Å². The van der Waals surface area contributed by atoms with Crippen LogP contribution in [0, 0.1) is 0 Å². The fraction of sp³-hybridized carbons (Fsp3) is 0.714. The largest absolute Gasteiger partial charge is 0.474 e. The Hall–Kier alpha value is -1.07. The van der Waals surface area contributed by atoms with Crippen LogP contribution in [-0.4, -0.2) is 29.4 Å². The third kappa shape index (κ3) is 5.92. The summed E-state index contributed by atoms with van der Waals surface area (Å²) in [5.41, 5.74) is -0.260. The molecular weight excluding hydrogens is 280 g/mol. The standard InChI is InChI=1S/C14H23ClN2O3/c1-3-5-8-19-10-7-17-11-12(15)16-13(14(17)18)20-9-6-4-2/h11H,3-10H2,1-2H3. The summed E-state index contributed by atoms with van der Waals surface area (Å²) in [7, 11) is 0. The maximum Gasteiger partial charge on any atom is 0.313 e. The first kappa shape index (κ1) is 17.0. The van der Waals surface area contributed by atoms with Crippen molar-refractivity contribution in [1.82, 2.24) is 9.55 Å². The highest BCUT2D eigenvalue weighted by molar-refractivity contribution is 6.29. The number of rotatable bonds is 10. The monoisotopic (exact) mass is 302 g/mol. The topological polar surface area (TPSA) is 53.4 Å². The third-order valence-corrected chi connectivity index (χ3v) is 2.95. The summed E-state index contributed by atoms with van der Waals surface area (Å²) in [6.07, 6.45) is 5.52. The average molecular weight is 303 g/mol. The van der Waals surface area contributed by atoms with Crippen molar-refractivity contribution in [3.63, 3.8) is 0 Å². The molecule has 0 saturated heterocycles. The summed E-state index contributed by atoms with van der Waals surface area (Å²) in [6, 6.07) is 0. The van der Waals surface area contributed by atoms with Gasteiger partial charge in [0.25, 0.3) is 5.88 Å². The fourth-order valence-corrected chi connectivity index (χ4v) is 1.76. The molecule has 0 saturated carbocycles. The van der Waals surface area contributed by atoms with Crippen molar-refractivity contribution in [2.75, 3.05) is 19.8 Å². The van der Waals surface area contributed by atoms with E-state index in [1.165, 1.54) is 10.8 Å². The second-order valence-electron chi connectivity index (χ2n) is 4.54. The molecule has 114 valence electrons. The van der Waals surface area contributed by atoms with Crippen LogP contribution in [0.25, 0.3) is 0 Å². The van der Waals surface area contributed by atoms with Crippen molar-refractivity contribution in [1.29, 1.82) is 0 Å². The molecule has 0 N–H and O–H groups in total. The maximum absolute atomic E-state index is 12.1. The molecule has 0 fully saturated rings. The lowest BCUT2D eigenvalue weighted by atomic mass is 10.4. The van der Waals surface area contributed by atoms with Crippen molar-refractivity contribution < 1.29 is 9.47 Å². The Morgan fingerprint density at radius 2 is 1.90 bits per heavy atom. The first-order chi connectivity index (χ1) is 9.69. The highest BCUT2D eigenvalue weighted by atomic mass is 35.5. The number of nitrogens with zero attached hydrogens (tertiary/aromatic N) is 2. The molecule has 1 aromatic rings. The Labute approximate surface area is 124 Å². The molecule has 20 heavy (non-hydrogen) atoms. The molecule has 5 nitrogen and oxygen atoms in total. The molecule has 0 aliphatic heterocycles. The van der Waals surface area contributed by atoms with Gasteiger partial charge in [0.15, 0.2) is 0 Å². The molecule has 0 atom stereocenters. The first-order valence-electron chi connectivity index (χ1n) is 7.16. The maximum atomic E-state index is 12.1. The summed E-state index contributed by atoms with van der Waals surface area (Å²) in [5, 5.41) is 0.254. The molecule has 6 heteroatoms. The van der Waals surface area contributed by atoms with E-state index < -0.39 is 0 Å². The van der Waals surface area contributed by atoms with Crippen LogP contribution in [0.15, 0.2) is 11.0 Å². The van der Waals surface area contributed by atoms with Gasteiger partial charge in [0, 0.05) is 19.3 Å². The molecule has 0 radical (unpaired) electrons. The number of ether oxygens (including phenoxy) is 2. The van der Waals surface area contributed by atoms with E-state index in [-0.39, 0.29) is 16.6 Å². The van der Waals surface area contributed by atoms with Crippen molar-refractivity contribution in [2.24, 2.45) is 0 Å². The van der Waals surface area contributed by atoms with Gasteiger partial charge in [-0.15, -0.1) is 0 Å². The van der Waals surface area contributed by atoms with E-state index in [1.54, 1.807) is 0 Å². The molecule has 1 rings (SSSR count). The predicted molar refractivity (Wildman–Crippen MR) is 79.6 cm³/mol. The molecule has 0 spiro atoms. The normalized spacial score (nSPS) is 10.8. The minimum absolute atomic E-state index is 0.0690. The van der Waals surface area contributed by atoms with E-state index >= 15 is 0 Å². The van der Waals surface area contributed by atoms with Crippen molar-refractivity contribution in [3.8, 4) is 5.88 Å². The SMILES string of the molecule is CCCCOCCn1cc(Cl)nc(OCCCC)c1=O. The molecular formula is C14H23ClN2O3. The van der Waals surface area contributed by atoms with Gasteiger partial charge >= 0.3 is 5.56 Å². The van der Waals surface area contributed by atoms with Crippen LogP contribution in [0.5, 0.6) is 5.88 Å². The number of hydrogen-bond acceptors (Lipinski definition) is 4. The van der Waals surface area contributed by atoms with Crippen LogP contribution in [0.2, 0.25) is 5.15 Å². The molecule has 0 bridgehead atoms. The van der Waals surface area contributed by atoms with Gasteiger partial charge in [0.2, 0.25) is 0 Å². The van der Waals surface area contributed by atoms with E-state index in [2.05, 4.69) is 18.8 Å². The number of halogens is 1. The number of aromatic nitrogens is 2. The van der Waals surface area contributed by atoms with E-state index in [0.717, 1.165) is 25.7 Å². The van der Waals surface area contributed by atoms with E-state index in [1.807, 2.05) is 0 Å². The Balaban J connectivity index is 2.59. The summed E-state index contributed by atoms with van der Waals surface area (Å²) >= 11 is 5.91. The van der Waals surface area contributed by atoms with Gasteiger partial charge in [-0.05, 0) is 12.8 Å². The Morgan fingerprint density at radius 3 is 2.60 bits per heavy atom. The second-order valence-corrected chi connectivity index (χ2v) is 4.92. The summed E-state index contributed by atoms with van der Waals surface area (Å²) in [6.45, 7) is 6.29. The van der Waals surface area contributed by atoms with Gasteiger partial charge in [0.1, 0.15) is 5.15 Å². The first-order valence-corrected chi connectivity index (χ1v) is 7.54. The number of hydrogen-bond donors (Lipinski definition) is 0. The van der Waals surface area contributed by atoms with Crippen molar-refractivity contribution >= 4 is 11.6 Å². The smallest absolute Gasteiger partial charge is 0.313 e. The van der Waals surface area contributed by atoms with Crippen molar-refractivity contribution in [2.45, 2.75) is 46.1 Å². The van der Waals surface area contributed by atoms with E-state index in [9.17, 15) is 4.79 Å². The Bertz CT molecular complexity index is 449. The van der Waals surface area contributed by atoms with Crippen LogP contribution in [0.4, 0.5) is 0 Å². The van der Waals surface area contributed by atoms with Gasteiger partial charge in [-0.2, -0.15) is 4.98 Å². The molecule has 0 unspecified atom stereocenters. The molecule has 0 aliphatic rings. The Kier molecular flexibility index (Phi) is 8.30. The average Bonchev–Trinajstić information content (AvgIpc) is 2.43. The summed E-state index contributed by atoms with van der Waals surface area (Å²) < 4.78 is 12.3. The van der Waals surface area contributed by atoms with Gasteiger partial charge < -0.3 is 14.0 Å². The zero-order valence-electron chi connectivity index (χ0n) is 12.2. The number of unbranched alkanes of at least 4 members (excludes halogenated alkanes) is 2. The van der Waals surface area contributed by atoms with Crippen LogP contribution in [-0.2, 0) is 11.3 Å². The lowest BCUT2D eigenvalue weighted by molar-refractivity contribution is 0.122. The quantitative estimate of drug-likeness (QED) is 0.624. The zero-order valence-corrected chi connectivity index (χ0v) is 13.0. The minimum Gasteiger partial charge on any atom is -0.474 e. The highest BCUT2D eigenvalue weighted by Gasteiger charge is 2.09. The fourth-order valence-electron chi connectivity index (χ4n) is 1.57. The van der Waals surface area contributed by atoms with Gasteiger partial charge in [-0.3, -0.25) is 4.79 Å². The van der Waals surface area contributed by atoms with Crippen LogP contribution < -0.4 is 10.3 Å².